The van der Waals surface area contributed by atoms with E-state index in [-0.39, 0.29) is 12.2 Å². The molecule has 0 spiro atoms. The molecule has 0 aromatic heterocycles. The number of alkyl halides is 3. The van der Waals surface area contributed by atoms with Gasteiger partial charge in [0.15, 0.2) is 0 Å². The van der Waals surface area contributed by atoms with Crippen molar-refractivity contribution in [1.82, 2.24) is 0 Å². The van der Waals surface area contributed by atoms with Crippen molar-refractivity contribution in [3.8, 4) is 5.75 Å². The molecule has 2 rings (SSSR count). The zero-order valence-corrected chi connectivity index (χ0v) is 7.01. The minimum Gasteiger partial charge on any atom is -0.490 e. The van der Waals surface area contributed by atoms with Crippen LogP contribution in [0.5, 0.6) is 5.75 Å². The molecular weight excluding hydrogens is 197 g/mol. The van der Waals surface area contributed by atoms with Gasteiger partial charge in [-0.1, -0.05) is 0 Å². The number of rotatable bonds is 0. The Kier molecular flexibility index (Phi) is 1.92. The van der Waals surface area contributed by atoms with Gasteiger partial charge in [0, 0.05) is 5.56 Å². The maximum atomic E-state index is 12.3. The second-order valence-electron chi connectivity index (χ2n) is 3.08. The molecule has 2 nitrogen and oxygen atoms in total. The zero-order valence-electron chi connectivity index (χ0n) is 7.01. The Morgan fingerprint density at radius 1 is 1.36 bits per heavy atom. The number of aliphatic hydroxyl groups excluding tert-OH is 1. The summed E-state index contributed by atoms with van der Waals surface area (Å²) in [5.41, 5.74) is -0.555. The van der Waals surface area contributed by atoms with Gasteiger partial charge in [-0.25, -0.2) is 0 Å². The van der Waals surface area contributed by atoms with Crippen molar-refractivity contribution in [3.63, 3.8) is 0 Å². The highest BCUT2D eigenvalue weighted by molar-refractivity contribution is 5.42. The molecule has 1 aliphatic rings. The second kappa shape index (κ2) is 2.88. The Hall–Kier alpha value is -1.23. The van der Waals surface area contributed by atoms with Gasteiger partial charge >= 0.3 is 6.18 Å². The maximum absolute atomic E-state index is 12.3. The van der Waals surface area contributed by atoms with Crippen LogP contribution in [-0.2, 0) is 6.18 Å². The van der Waals surface area contributed by atoms with Crippen molar-refractivity contribution in [2.75, 3.05) is 6.61 Å². The van der Waals surface area contributed by atoms with Gasteiger partial charge < -0.3 is 9.84 Å². The molecule has 0 aliphatic carbocycles. The monoisotopic (exact) mass is 204 g/mol. The van der Waals surface area contributed by atoms with E-state index in [1.165, 1.54) is 6.07 Å². The largest absolute Gasteiger partial charge is 0.490 e. The molecule has 5 heteroatoms. The van der Waals surface area contributed by atoms with E-state index in [1.54, 1.807) is 0 Å². The molecule has 1 aromatic carbocycles. The number of hydrogen-bond donors (Lipinski definition) is 1. The summed E-state index contributed by atoms with van der Waals surface area (Å²) in [6.45, 7) is 0.0244. The molecule has 1 N–H and O–H groups in total. The molecule has 0 amide bonds. The highest BCUT2D eigenvalue weighted by Gasteiger charge is 2.33. The molecule has 76 valence electrons. The Balaban J connectivity index is 2.45. The van der Waals surface area contributed by atoms with E-state index in [0.29, 0.717) is 5.75 Å². The van der Waals surface area contributed by atoms with Crippen LogP contribution in [0.25, 0.3) is 0 Å². The van der Waals surface area contributed by atoms with Crippen LogP contribution in [0.3, 0.4) is 0 Å². The van der Waals surface area contributed by atoms with Gasteiger partial charge in [0.2, 0.25) is 0 Å². The maximum Gasteiger partial charge on any atom is 0.416 e. The van der Waals surface area contributed by atoms with Crippen molar-refractivity contribution in [1.29, 1.82) is 0 Å². The average molecular weight is 204 g/mol. The van der Waals surface area contributed by atoms with E-state index in [9.17, 15) is 18.3 Å². The lowest BCUT2D eigenvalue weighted by atomic mass is 10.1. The Bertz CT molecular complexity index is 360. The summed E-state index contributed by atoms with van der Waals surface area (Å²) in [6.07, 6.45) is -5.33. The lowest BCUT2D eigenvalue weighted by Gasteiger charge is -2.08. The third kappa shape index (κ3) is 1.43. The molecule has 0 saturated carbocycles. The van der Waals surface area contributed by atoms with Gasteiger partial charge in [-0.05, 0) is 18.2 Å². The zero-order chi connectivity index (χ0) is 10.3. The van der Waals surface area contributed by atoms with Crippen LogP contribution >= 0.6 is 0 Å². The van der Waals surface area contributed by atoms with Crippen LogP contribution in [0.1, 0.15) is 17.2 Å². The summed E-state index contributed by atoms with van der Waals surface area (Å²) >= 11 is 0. The molecule has 0 radical (unpaired) electrons. The molecule has 0 fully saturated rings. The third-order valence-corrected chi connectivity index (χ3v) is 2.09. The first-order valence-electron chi connectivity index (χ1n) is 4.00. The van der Waals surface area contributed by atoms with Crippen molar-refractivity contribution in [2.45, 2.75) is 12.3 Å². The number of halogens is 3. The predicted molar refractivity (Wildman–Crippen MR) is 41.9 cm³/mol. The molecule has 1 unspecified atom stereocenters. The van der Waals surface area contributed by atoms with Crippen molar-refractivity contribution < 1.29 is 23.0 Å². The van der Waals surface area contributed by atoms with Gasteiger partial charge in [-0.15, -0.1) is 0 Å². The molecule has 1 aromatic rings. The highest BCUT2D eigenvalue weighted by Crippen LogP contribution is 2.37. The fourth-order valence-corrected chi connectivity index (χ4v) is 1.38. The molecule has 1 aliphatic heterocycles. The van der Waals surface area contributed by atoms with E-state index >= 15 is 0 Å². The van der Waals surface area contributed by atoms with Crippen molar-refractivity contribution >= 4 is 0 Å². The first-order chi connectivity index (χ1) is 6.48. The predicted octanol–water partition coefficient (Wildman–Crippen LogP) is 2.13. The second-order valence-corrected chi connectivity index (χ2v) is 3.08. The van der Waals surface area contributed by atoms with Crippen LogP contribution in [0.4, 0.5) is 13.2 Å². The first-order valence-corrected chi connectivity index (χ1v) is 4.00. The van der Waals surface area contributed by atoms with Crippen molar-refractivity contribution in [3.05, 3.63) is 29.3 Å². The number of ether oxygens (including phenoxy) is 1. The summed E-state index contributed by atoms with van der Waals surface area (Å²) in [6, 6.07) is 3.10. The third-order valence-electron chi connectivity index (χ3n) is 2.09. The SMILES string of the molecule is OC1COc2ccc(C(F)(F)F)cc21. The Labute approximate surface area is 77.9 Å². The Morgan fingerprint density at radius 2 is 2.07 bits per heavy atom. The standard InChI is InChI=1S/C9H7F3O2/c10-9(11,12)5-1-2-8-6(3-5)7(13)4-14-8/h1-3,7,13H,4H2. The van der Waals surface area contributed by atoms with E-state index in [1.807, 2.05) is 0 Å². The van der Waals surface area contributed by atoms with Gasteiger partial charge in [-0.2, -0.15) is 13.2 Å². The van der Waals surface area contributed by atoms with E-state index < -0.39 is 17.8 Å². The highest BCUT2D eigenvalue weighted by atomic mass is 19.4. The molecule has 1 heterocycles. The Morgan fingerprint density at radius 3 is 2.71 bits per heavy atom. The van der Waals surface area contributed by atoms with Crippen LogP contribution in [0.2, 0.25) is 0 Å². The number of aliphatic hydroxyl groups is 1. The van der Waals surface area contributed by atoms with Crippen LogP contribution < -0.4 is 4.74 Å². The van der Waals surface area contributed by atoms with Gasteiger partial charge in [0.25, 0.3) is 0 Å². The normalized spacial score (nSPS) is 20.4. The summed E-state index contributed by atoms with van der Waals surface area (Å²) in [4.78, 5) is 0. The molecule has 14 heavy (non-hydrogen) atoms. The van der Waals surface area contributed by atoms with E-state index in [0.717, 1.165) is 12.1 Å². The smallest absolute Gasteiger partial charge is 0.416 e. The molecule has 0 bridgehead atoms. The van der Waals surface area contributed by atoms with Crippen LogP contribution in [-0.4, -0.2) is 11.7 Å². The number of benzene rings is 1. The summed E-state index contributed by atoms with van der Waals surface area (Å²) in [7, 11) is 0. The first kappa shape index (κ1) is 9.33. The lowest BCUT2D eigenvalue weighted by molar-refractivity contribution is -0.137. The van der Waals surface area contributed by atoms with Gasteiger partial charge in [0.05, 0.1) is 5.56 Å². The number of hydrogen-bond acceptors (Lipinski definition) is 2. The molecule has 0 saturated heterocycles. The van der Waals surface area contributed by atoms with E-state index in [4.69, 9.17) is 4.74 Å². The summed E-state index contributed by atoms with van der Waals surface area (Å²) in [5.74, 6) is 0.325. The summed E-state index contributed by atoms with van der Waals surface area (Å²) in [5, 5.41) is 9.28. The fraction of sp³-hybridized carbons (Fsp3) is 0.333. The van der Waals surface area contributed by atoms with E-state index in [2.05, 4.69) is 0 Å². The fourth-order valence-electron chi connectivity index (χ4n) is 1.38. The molecule has 1 atom stereocenters. The topological polar surface area (TPSA) is 29.5 Å². The van der Waals surface area contributed by atoms with Gasteiger partial charge in [-0.3, -0.25) is 0 Å². The minimum atomic E-state index is -4.38. The number of fused-ring (bicyclic) bond motifs is 1. The van der Waals surface area contributed by atoms with Crippen LogP contribution in [0.15, 0.2) is 18.2 Å². The van der Waals surface area contributed by atoms with Crippen molar-refractivity contribution in [2.24, 2.45) is 0 Å². The average Bonchev–Trinajstić information content (AvgIpc) is 2.46. The lowest BCUT2D eigenvalue weighted by Crippen LogP contribution is -2.05. The quantitative estimate of drug-likeness (QED) is 0.701. The minimum absolute atomic E-state index is 0.0244. The molecular formula is C9H7F3O2. The summed E-state index contributed by atoms with van der Waals surface area (Å²) < 4.78 is 41.7. The van der Waals surface area contributed by atoms with Gasteiger partial charge in [0.1, 0.15) is 18.5 Å². The van der Waals surface area contributed by atoms with Crippen LogP contribution in [0, 0.1) is 0 Å².